The molecule has 7 aromatic rings. The highest BCUT2D eigenvalue weighted by atomic mass is 16.5. The van der Waals surface area contributed by atoms with Crippen LogP contribution in [-0.2, 0) is 0 Å². The molecule has 47 heavy (non-hydrogen) atoms. The lowest BCUT2D eigenvalue weighted by Crippen LogP contribution is -2.15. The Hall–Kier alpha value is -6.13. The summed E-state index contributed by atoms with van der Waals surface area (Å²) in [4.78, 5) is 14.9. The first-order chi connectivity index (χ1) is 23.3. The molecular weight excluding hydrogens is 574 g/mol. The first-order valence-corrected chi connectivity index (χ1v) is 15.9. The number of ether oxygens (including phenoxy) is 1. The molecule has 4 heteroatoms. The Morgan fingerprint density at radius 2 is 1.21 bits per heavy atom. The van der Waals surface area contributed by atoms with Crippen LogP contribution in [0.3, 0.4) is 0 Å². The number of hydrogen-bond acceptors (Lipinski definition) is 4. The van der Waals surface area contributed by atoms with E-state index in [1.54, 1.807) is 0 Å². The zero-order valence-corrected chi connectivity index (χ0v) is 25.5. The Bertz CT molecular complexity index is 2340. The van der Waals surface area contributed by atoms with Gasteiger partial charge in [0.25, 0.3) is 0 Å². The molecule has 2 unspecified atom stereocenters. The normalized spacial score (nSPS) is 16.1. The van der Waals surface area contributed by atoms with Gasteiger partial charge in [-0.1, -0.05) is 121 Å². The molecule has 2 atom stereocenters. The fraction of sp³-hybridized carbons (Fsp3) is 0.0465. The highest BCUT2D eigenvalue weighted by Crippen LogP contribution is 2.44. The lowest BCUT2D eigenvalue weighted by Gasteiger charge is -2.13. The Labute approximate surface area is 273 Å². The second-order valence-corrected chi connectivity index (χ2v) is 12.0. The summed E-state index contributed by atoms with van der Waals surface area (Å²) in [5.41, 5.74) is 10.3. The first kappa shape index (κ1) is 27.2. The molecule has 1 aliphatic carbocycles. The zero-order chi connectivity index (χ0) is 31.2. The van der Waals surface area contributed by atoms with Crippen LogP contribution in [0.5, 0.6) is 5.75 Å². The number of aromatic nitrogens is 3. The molecule has 0 fully saturated rings. The summed E-state index contributed by atoms with van der Waals surface area (Å²) in [6, 6.07) is 44.6. The van der Waals surface area contributed by atoms with Crippen molar-refractivity contribution in [3.05, 3.63) is 170 Å². The predicted molar refractivity (Wildman–Crippen MR) is 190 cm³/mol. The van der Waals surface area contributed by atoms with E-state index in [1.807, 2.05) is 24.5 Å². The van der Waals surface area contributed by atoms with Crippen molar-refractivity contribution in [2.75, 3.05) is 0 Å². The third-order valence-corrected chi connectivity index (χ3v) is 9.15. The Morgan fingerprint density at radius 3 is 2.09 bits per heavy atom. The number of rotatable bonds is 5. The molecule has 2 aliphatic rings. The molecule has 0 bridgehead atoms. The van der Waals surface area contributed by atoms with E-state index in [0.717, 1.165) is 50.5 Å². The van der Waals surface area contributed by atoms with Crippen molar-refractivity contribution in [1.29, 1.82) is 0 Å². The maximum Gasteiger partial charge on any atom is 0.162 e. The van der Waals surface area contributed by atoms with Gasteiger partial charge in [0.05, 0.1) is 11.4 Å². The van der Waals surface area contributed by atoms with Crippen LogP contribution in [0.15, 0.2) is 164 Å². The average Bonchev–Trinajstić information content (AvgIpc) is 3.53. The van der Waals surface area contributed by atoms with E-state index in [0.29, 0.717) is 5.82 Å². The molecule has 2 aromatic heterocycles. The van der Waals surface area contributed by atoms with Crippen molar-refractivity contribution in [2.45, 2.75) is 12.0 Å². The third kappa shape index (κ3) is 5.01. The SMILES string of the molecule is C1=CC2Oc3cc(-c4ccncc4-c4nc(-c5ccc(-c6ccccc6)cc5)cc(-c5ccc6ccccc6c5)n4)ccc3C2C=C1. The van der Waals surface area contributed by atoms with Crippen LogP contribution >= 0.6 is 0 Å². The summed E-state index contributed by atoms with van der Waals surface area (Å²) >= 11 is 0. The Balaban J connectivity index is 1.18. The standard InChI is InChI=1S/C43H29N3O/c1-2-8-28(9-3-1)30-14-17-31(18-15-30)39-26-40(34-19-16-29-10-4-5-11-32(29)24-34)46-43(45-39)38-27-44-23-22-35(38)33-20-21-37-36-12-6-7-13-41(36)47-42(37)25-33/h1-27,36,41H. The van der Waals surface area contributed by atoms with E-state index < -0.39 is 0 Å². The van der Waals surface area contributed by atoms with Gasteiger partial charge in [-0.3, -0.25) is 4.98 Å². The number of allylic oxidation sites excluding steroid dienone is 2. The second-order valence-electron chi connectivity index (χ2n) is 12.0. The van der Waals surface area contributed by atoms with Crippen molar-refractivity contribution in [2.24, 2.45) is 0 Å². The molecule has 4 nitrogen and oxygen atoms in total. The highest BCUT2D eigenvalue weighted by molar-refractivity contribution is 5.88. The predicted octanol–water partition coefficient (Wildman–Crippen LogP) is 10.3. The summed E-state index contributed by atoms with van der Waals surface area (Å²) in [7, 11) is 0. The maximum absolute atomic E-state index is 6.36. The van der Waals surface area contributed by atoms with E-state index in [9.17, 15) is 0 Å². The van der Waals surface area contributed by atoms with Crippen LogP contribution in [0.4, 0.5) is 0 Å². The maximum atomic E-state index is 6.36. The summed E-state index contributed by atoms with van der Waals surface area (Å²) in [5.74, 6) is 1.79. The van der Waals surface area contributed by atoms with Crippen LogP contribution in [0.1, 0.15) is 11.5 Å². The number of hydrogen-bond donors (Lipinski definition) is 0. The largest absolute Gasteiger partial charge is 0.485 e. The van der Waals surface area contributed by atoms with Gasteiger partial charge in [-0.25, -0.2) is 9.97 Å². The molecule has 5 aromatic carbocycles. The number of nitrogens with zero attached hydrogens (tertiary/aromatic N) is 3. The van der Waals surface area contributed by atoms with E-state index >= 15 is 0 Å². The molecule has 0 spiro atoms. The van der Waals surface area contributed by atoms with Gasteiger partial charge in [-0.05, 0) is 63.4 Å². The van der Waals surface area contributed by atoms with E-state index in [2.05, 4.69) is 145 Å². The van der Waals surface area contributed by atoms with Crippen molar-refractivity contribution in [1.82, 2.24) is 15.0 Å². The molecular formula is C43H29N3O. The quantitative estimate of drug-likeness (QED) is 0.196. The van der Waals surface area contributed by atoms with Gasteiger partial charge in [-0.2, -0.15) is 0 Å². The smallest absolute Gasteiger partial charge is 0.162 e. The molecule has 3 heterocycles. The highest BCUT2D eigenvalue weighted by Gasteiger charge is 2.32. The van der Waals surface area contributed by atoms with Crippen molar-refractivity contribution in [3.8, 4) is 61.9 Å². The van der Waals surface area contributed by atoms with Crippen molar-refractivity contribution < 1.29 is 4.74 Å². The van der Waals surface area contributed by atoms with Crippen LogP contribution < -0.4 is 4.74 Å². The lowest BCUT2D eigenvalue weighted by atomic mass is 9.90. The monoisotopic (exact) mass is 603 g/mol. The Kier molecular flexibility index (Phi) is 6.57. The van der Waals surface area contributed by atoms with E-state index in [4.69, 9.17) is 14.7 Å². The molecule has 0 N–H and O–H groups in total. The van der Waals surface area contributed by atoms with Gasteiger partial charge in [0.15, 0.2) is 5.82 Å². The summed E-state index contributed by atoms with van der Waals surface area (Å²) < 4.78 is 6.36. The van der Waals surface area contributed by atoms with Gasteiger partial charge < -0.3 is 4.74 Å². The van der Waals surface area contributed by atoms with Crippen LogP contribution in [0.25, 0.3) is 66.9 Å². The molecule has 1 aliphatic heterocycles. The van der Waals surface area contributed by atoms with Crippen LogP contribution in [0, 0.1) is 0 Å². The minimum absolute atomic E-state index is 0.0416. The fourth-order valence-electron chi connectivity index (χ4n) is 6.71. The van der Waals surface area contributed by atoms with Crippen molar-refractivity contribution in [3.63, 3.8) is 0 Å². The molecule has 0 saturated heterocycles. The summed E-state index contributed by atoms with van der Waals surface area (Å²) in [6.07, 6.45) is 12.2. The van der Waals surface area contributed by atoms with Crippen molar-refractivity contribution >= 4 is 10.8 Å². The second kappa shape index (κ2) is 11.3. The van der Waals surface area contributed by atoms with Gasteiger partial charge in [0.1, 0.15) is 11.9 Å². The van der Waals surface area contributed by atoms with Crippen LogP contribution in [-0.4, -0.2) is 21.1 Å². The average molecular weight is 604 g/mol. The number of pyridine rings is 1. The van der Waals surface area contributed by atoms with Crippen LogP contribution in [0.2, 0.25) is 0 Å². The molecule has 9 rings (SSSR count). The zero-order valence-electron chi connectivity index (χ0n) is 25.5. The molecule has 222 valence electrons. The minimum Gasteiger partial charge on any atom is -0.485 e. The third-order valence-electron chi connectivity index (χ3n) is 9.15. The number of benzene rings is 5. The van der Waals surface area contributed by atoms with Gasteiger partial charge in [0, 0.05) is 40.6 Å². The van der Waals surface area contributed by atoms with E-state index in [-0.39, 0.29) is 12.0 Å². The first-order valence-electron chi connectivity index (χ1n) is 15.9. The molecule has 0 amide bonds. The number of fused-ring (bicyclic) bond motifs is 4. The van der Waals surface area contributed by atoms with E-state index in [1.165, 1.54) is 21.9 Å². The minimum atomic E-state index is 0.0416. The molecule has 0 radical (unpaired) electrons. The molecule has 0 saturated carbocycles. The Morgan fingerprint density at radius 1 is 0.511 bits per heavy atom. The fourth-order valence-corrected chi connectivity index (χ4v) is 6.71. The van der Waals surface area contributed by atoms with Gasteiger partial charge in [-0.15, -0.1) is 0 Å². The summed E-state index contributed by atoms with van der Waals surface area (Å²) in [5, 5.41) is 2.37. The van der Waals surface area contributed by atoms with Gasteiger partial charge in [0.2, 0.25) is 0 Å². The summed E-state index contributed by atoms with van der Waals surface area (Å²) in [6.45, 7) is 0. The lowest BCUT2D eigenvalue weighted by molar-refractivity contribution is 0.269. The topological polar surface area (TPSA) is 47.9 Å². The van der Waals surface area contributed by atoms with Gasteiger partial charge >= 0.3 is 0 Å².